The maximum Gasteiger partial charge on any atom is 0.262 e. The first-order valence-electron chi connectivity index (χ1n) is 14.3. The average Bonchev–Trinajstić information content (AvgIpc) is 3.39. The van der Waals surface area contributed by atoms with Gasteiger partial charge in [-0.15, -0.1) is 0 Å². The summed E-state index contributed by atoms with van der Waals surface area (Å²) >= 11 is -2.53. The number of anilines is 1. The topological polar surface area (TPSA) is 149 Å². The molecule has 3 atom stereocenters. The molecule has 0 bridgehead atoms. The number of nitrogens with zero attached hydrogens (tertiary/aromatic N) is 3. The average molecular weight is 608 g/mol. The van der Waals surface area contributed by atoms with E-state index in [1.807, 2.05) is 29.2 Å². The minimum Gasteiger partial charge on any atom is -0.497 e. The minimum absolute atomic E-state index is 0.0494. The molecule has 3 aromatic rings. The van der Waals surface area contributed by atoms with Crippen molar-refractivity contribution in [3.05, 3.63) is 65.7 Å². The van der Waals surface area contributed by atoms with Crippen molar-refractivity contribution in [1.82, 2.24) is 9.80 Å². The van der Waals surface area contributed by atoms with Crippen molar-refractivity contribution < 1.29 is 27.8 Å². The van der Waals surface area contributed by atoms with Crippen LogP contribution in [0.25, 0.3) is 10.8 Å². The summed E-state index contributed by atoms with van der Waals surface area (Å²) in [5, 5.41) is 9.18. The maximum atomic E-state index is 14.1. The van der Waals surface area contributed by atoms with E-state index in [1.54, 1.807) is 42.3 Å². The lowest BCUT2D eigenvalue weighted by atomic mass is 10.0. The van der Waals surface area contributed by atoms with E-state index in [0.29, 0.717) is 35.8 Å². The molecule has 0 spiro atoms. The van der Waals surface area contributed by atoms with Crippen LogP contribution in [-0.4, -0.2) is 82.1 Å². The molecule has 2 fully saturated rings. The van der Waals surface area contributed by atoms with Crippen LogP contribution in [0.1, 0.15) is 36.8 Å². The number of methoxy groups -OCH3 is 2. The highest BCUT2D eigenvalue weighted by molar-refractivity contribution is 7.80. The van der Waals surface area contributed by atoms with E-state index < -0.39 is 23.4 Å². The SMILES string of the molecule is COc1ccc2cc(N(C3CCN(C(Cc4ccc(C(=N)N)cc4)C(=O)N4CCCCC4)C3=O)S(=O)O)cc(OC)c2c1. The Labute approximate surface area is 253 Å². The van der Waals surface area contributed by atoms with Crippen molar-refractivity contribution >= 4 is 45.4 Å². The van der Waals surface area contributed by atoms with Crippen LogP contribution < -0.4 is 19.5 Å². The lowest BCUT2D eigenvalue weighted by molar-refractivity contribution is -0.144. The van der Waals surface area contributed by atoms with Gasteiger partial charge in [0.05, 0.1) is 19.9 Å². The fraction of sp³-hybridized carbons (Fsp3) is 0.387. The number of nitrogens with one attached hydrogen (secondary N) is 1. The predicted molar refractivity (Wildman–Crippen MR) is 166 cm³/mol. The van der Waals surface area contributed by atoms with Gasteiger partial charge in [-0.05, 0) is 54.8 Å². The number of nitrogens with two attached hydrogens (primary N) is 1. The first kappa shape index (κ1) is 30.3. The van der Waals surface area contributed by atoms with E-state index >= 15 is 0 Å². The van der Waals surface area contributed by atoms with Gasteiger partial charge in [-0.2, -0.15) is 0 Å². The number of hydrogen-bond donors (Lipinski definition) is 3. The van der Waals surface area contributed by atoms with Crippen molar-refractivity contribution in [3.8, 4) is 11.5 Å². The molecule has 228 valence electrons. The maximum absolute atomic E-state index is 14.1. The predicted octanol–water partition coefficient (Wildman–Crippen LogP) is 3.31. The van der Waals surface area contributed by atoms with Crippen LogP contribution >= 0.6 is 0 Å². The van der Waals surface area contributed by atoms with Gasteiger partial charge in [0, 0.05) is 43.1 Å². The molecular weight excluding hydrogens is 570 g/mol. The van der Waals surface area contributed by atoms with Crippen LogP contribution in [0.2, 0.25) is 0 Å². The van der Waals surface area contributed by atoms with Crippen LogP contribution in [-0.2, 0) is 27.3 Å². The third-order valence-corrected chi connectivity index (χ3v) is 9.07. The Kier molecular flexibility index (Phi) is 9.16. The summed E-state index contributed by atoms with van der Waals surface area (Å²) in [5.74, 6) is 0.556. The zero-order chi connectivity index (χ0) is 30.7. The summed E-state index contributed by atoms with van der Waals surface area (Å²) in [6, 6.07) is 14.2. The number of amidine groups is 1. The van der Waals surface area contributed by atoms with Gasteiger partial charge >= 0.3 is 0 Å². The number of hydrogen-bond acceptors (Lipinski definition) is 6. The quantitative estimate of drug-likeness (QED) is 0.182. The van der Waals surface area contributed by atoms with Crippen molar-refractivity contribution in [3.63, 3.8) is 0 Å². The van der Waals surface area contributed by atoms with Crippen LogP contribution in [0.3, 0.4) is 0 Å². The minimum atomic E-state index is -2.53. The highest BCUT2D eigenvalue weighted by atomic mass is 32.2. The molecule has 2 saturated heterocycles. The highest BCUT2D eigenvalue weighted by Gasteiger charge is 2.44. The van der Waals surface area contributed by atoms with Gasteiger partial charge in [0.15, 0.2) is 0 Å². The number of piperidine rings is 1. The first-order chi connectivity index (χ1) is 20.7. The van der Waals surface area contributed by atoms with Crippen LogP contribution in [0, 0.1) is 5.41 Å². The smallest absolute Gasteiger partial charge is 0.262 e. The molecule has 5 rings (SSSR count). The number of amides is 2. The Morgan fingerprint density at radius 3 is 2.42 bits per heavy atom. The molecule has 43 heavy (non-hydrogen) atoms. The molecule has 2 aliphatic rings. The zero-order valence-electron chi connectivity index (χ0n) is 24.3. The van der Waals surface area contributed by atoms with Crippen LogP contribution in [0.5, 0.6) is 11.5 Å². The molecule has 3 aromatic carbocycles. The molecule has 12 heteroatoms. The summed E-state index contributed by atoms with van der Waals surface area (Å²) in [6.07, 6.45) is 3.43. The van der Waals surface area contributed by atoms with Crippen LogP contribution in [0.4, 0.5) is 5.69 Å². The molecule has 0 radical (unpaired) electrons. The number of carbonyl (C=O) groups is 2. The first-order valence-corrected chi connectivity index (χ1v) is 15.4. The van der Waals surface area contributed by atoms with E-state index in [9.17, 15) is 18.4 Å². The Bertz CT molecular complexity index is 1540. The summed E-state index contributed by atoms with van der Waals surface area (Å²) < 4.78 is 35.4. The molecule has 0 aromatic heterocycles. The van der Waals surface area contributed by atoms with E-state index in [-0.39, 0.29) is 37.0 Å². The van der Waals surface area contributed by atoms with Gasteiger partial charge in [0.1, 0.15) is 29.4 Å². The lowest BCUT2D eigenvalue weighted by Gasteiger charge is -2.35. The van der Waals surface area contributed by atoms with Crippen molar-refractivity contribution in [2.24, 2.45) is 5.73 Å². The number of fused-ring (bicyclic) bond motifs is 1. The molecule has 2 heterocycles. The number of likely N-dealkylation sites (tertiary alicyclic amines) is 2. The molecular formula is C31H37N5O6S. The molecule has 2 aliphatic heterocycles. The Balaban J connectivity index is 1.47. The second-order valence-electron chi connectivity index (χ2n) is 10.8. The van der Waals surface area contributed by atoms with Crippen LogP contribution in [0.15, 0.2) is 54.6 Å². The number of rotatable bonds is 10. The lowest BCUT2D eigenvalue weighted by Crippen LogP contribution is -2.53. The van der Waals surface area contributed by atoms with E-state index in [4.69, 9.17) is 20.6 Å². The Morgan fingerprint density at radius 2 is 1.79 bits per heavy atom. The molecule has 2 amide bonds. The van der Waals surface area contributed by atoms with E-state index in [1.165, 1.54) is 11.4 Å². The zero-order valence-corrected chi connectivity index (χ0v) is 25.1. The number of ether oxygens (including phenoxy) is 2. The standard InChI is InChI=1S/C31H37N5O6S/c1-41-24-11-10-22-17-23(18-28(42-2)25(22)19-24)36(43(39)40)26-12-15-35(31(26)38)27(30(37)34-13-4-3-5-14-34)16-20-6-8-21(9-7-20)29(32)33/h6-11,17-19,26-27H,3-5,12-16H2,1-2H3,(H3,32,33)(H,39,40). The number of carbonyl (C=O) groups excluding carboxylic acids is 2. The summed E-state index contributed by atoms with van der Waals surface area (Å²) in [4.78, 5) is 31.3. The largest absolute Gasteiger partial charge is 0.497 e. The van der Waals surface area contributed by atoms with Gasteiger partial charge in [0.25, 0.3) is 11.3 Å². The Morgan fingerprint density at radius 1 is 1.07 bits per heavy atom. The van der Waals surface area contributed by atoms with E-state index in [2.05, 4.69) is 0 Å². The fourth-order valence-corrected chi connectivity index (χ4v) is 6.70. The van der Waals surface area contributed by atoms with Gasteiger partial charge in [0.2, 0.25) is 11.8 Å². The fourth-order valence-electron chi connectivity index (χ4n) is 6.00. The number of benzene rings is 3. The number of nitrogen functional groups attached to an aromatic ring is 1. The van der Waals surface area contributed by atoms with Crippen molar-refractivity contribution in [2.45, 2.75) is 44.2 Å². The monoisotopic (exact) mass is 607 g/mol. The van der Waals surface area contributed by atoms with Gasteiger partial charge < -0.3 is 25.0 Å². The second kappa shape index (κ2) is 13.0. The molecule has 11 nitrogen and oxygen atoms in total. The van der Waals surface area contributed by atoms with Gasteiger partial charge in [-0.25, -0.2) is 4.21 Å². The molecule has 0 aliphatic carbocycles. The molecule has 3 unspecified atom stereocenters. The summed E-state index contributed by atoms with van der Waals surface area (Å²) in [6.45, 7) is 1.53. The van der Waals surface area contributed by atoms with Gasteiger partial charge in [-0.3, -0.25) is 23.9 Å². The Hall–Kier alpha value is -4.16. The van der Waals surface area contributed by atoms with Crippen molar-refractivity contribution in [2.75, 3.05) is 38.2 Å². The van der Waals surface area contributed by atoms with Crippen molar-refractivity contribution in [1.29, 1.82) is 5.41 Å². The highest BCUT2D eigenvalue weighted by Crippen LogP contribution is 2.37. The normalized spacial score (nSPS) is 18.4. The second-order valence-corrected chi connectivity index (χ2v) is 11.7. The molecule has 0 saturated carbocycles. The molecule has 4 N–H and O–H groups in total. The summed E-state index contributed by atoms with van der Waals surface area (Å²) in [7, 11) is 3.08. The third kappa shape index (κ3) is 6.30. The summed E-state index contributed by atoms with van der Waals surface area (Å²) in [5.41, 5.74) is 7.37. The van der Waals surface area contributed by atoms with E-state index in [0.717, 1.165) is 35.6 Å². The third-order valence-electron chi connectivity index (χ3n) is 8.27. The van der Waals surface area contributed by atoms with Gasteiger partial charge in [-0.1, -0.05) is 30.3 Å².